The van der Waals surface area contributed by atoms with Crippen LogP contribution in [0.3, 0.4) is 0 Å². The highest BCUT2D eigenvalue weighted by Gasteiger charge is 2.16. The van der Waals surface area contributed by atoms with Crippen molar-refractivity contribution in [3.8, 4) is 0 Å². The third-order valence-electron chi connectivity index (χ3n) is 5.37. The molecule has 0 amide bonds. The molecule has 0 atom stereocenters. The molecule has 1 aromatic carbocycles. The molecular weight excluding hydrogens is 338 g/mol. The smallest absolute Gasteiger partial charge is 0.229 e. The average molecular weight is 367 g/mol. The van der Waals surface area contributed by atoms with Crippen LogP contribution in [0.1, 0.15) is 38.5 Å². The molecule has 0 radical (unpaired) electrons. The van der Waals surface area contributed by atoms with Crippen molar-refractivity contribution in [2.75, 3.05) is 41.8 Å². The Morgan fingerprint density at radius 1 is 0.963 bits per heavy atom. The van der Waals surface area contributed by atoms with Crippen molar-refractivity contribution in [3.05, 3.63) is 36.5 Å². The molecule has 144 valence electrons. The summed E-state index contributed by atoms with van der Waals surface area (Å²) in [6.07, 6.45) is 9.60. The first kappa shape index (κ1) is 18.0. The average Bonchev–Trinajstić information content (AvgIpc) is 2.98. The normalized spacial score (nSPS) is 18.7. The van der Waals surface area contributed by atoms with Crippen LogP contribution in [0.4, 0.5) is 23.1 Å². The first-order chi connectivity index (χ1) is 13.4. The molecule has 2 N–H and O–H groups in total. The van der Waals surface area contributed by atoms with Crippen LogP contribution in [-0.4, -0.2) is 42.3 Å². The summed E-state index contributed by atoms with van der Waals surface area (Å²) in [5.41, 5.74) is 2.21. The van der Waals surface area contributed by atoms with E-state index in [2.05, 4.69) is 38.7 Å². The molecule has 6 nitrogen and oxygen atoms in total. The van der Waals surface area contributed by atoms with Crippen molar-refractivity contribution < 1.29 is 4.74 Å². The third kappa shape index (κ3) is 4.89. The number of benzene rings is 1. The fourth-order valence-electron chi connectivity index (χ4n) is 3.91. The van der Waals surface area contributed by atoms with Crippen molar-refractivity contribution in [1.82, 2.24) is 9.97 Å². The Morgan fingerprint density at radius 3 is 2.56 bits per heavy atom. The van der Waals surface area contributed by atoms with Crippen LogP contribution < -0.4 is 15.5 Å². The Bertz CT molecular complexity index is 724. The van der Waals surface area contributed by atoms with E-state index < -0.39 is 0 Å². The van der Waals surface area contributed by atoms with E-state index in [1.165, 1.54) is 44.2 Å². The molecule has 0 bridgehead atoms. The molecule has 1 saturated heterocycles. The Balaban J connectivity index is 1.47. The second kappa shape index (κ2) is 9.04. The molecule has 0 spiro atoms. The van der Waals surface area contributed by atoms with Gasteiger partial charge in [0.05, 0.1) is 24.6 Å². The number of aromatic nitrogens is 2. The van der Waals surface area contributed by atoms with Crippen LogP contribution in [0.2, 0.25) is 0 Å². The summed E-state index contributed by atoms with van der Waals surface area (Å²) in [6, 6.07) is 10.8. The molecule has 27 heavy (non-hydrogen) atoms. The Kier molecular flexibility index (Phi) is 6.04. The molecule has 1 aliphatic carbocycles. The summed E-state index contributed by atoms with van der Waals surface area (Å²) in [6.45, 7) is 3.35. The number of ether oxygens (including phenoxy) is 1. The lowest BCUT2D eigenvalue weighted by molar-refractivity contribution is 0.123. The lowest BCUT2D eigenvalue weighted by atomic mass is 10.1. The molecule has 2 fully saturated rings. The van der Waals surface area contributed by atoms with Crippen molar-refractivity contribution >= 4 is 23.1 Å². The van der Waals surface area contributed by atoms with E-state index in [4.69, 9.17) is 9.72 Å². The second-order valence-corrected chi connectivity index (χ2v) is 7.34. The van der Waals surface area contributed by atoms with Crippen molar-refractivity contribution in [1.29, 1.82) is 0 Å². The molecule has 2 aromatic rings. The number of rotatable bonds is 5. The summed E-state index contributed by atoms with van der Waals surface area (Å²) in [5, 5.41) is 7.02. The minimum Gasteiger partial charge on any atom is -0.378 e. The monoisotopic (exact) mass is 367 g/mol. The lowest BCUT2D eigenvalue weighted by Gasteiger charge is -2.30. The summed E-state index contributed by atoms with van der Waals surface area (Å²) < 4.78 is 5.48. The fraction of sp³-hybridized carbons (Fsp3) is 0.524. The van der Waals surface area contributed by atoms with Gasteiger partial charge in [0.2, 0.25) is 5.95 Å². The zero-order valence-corrected chi connectivity index (χ0v) is 15.9. The first-order valence-electron chi connectivity index (χ1n) is 10.2. The highest BCUT2D eigenvalue weighted by Crippen LogP contribution is 2.28. The van der Waals surface area contributed by atoms with Gasteiger partial charge in [-0.2, -0.15) is 4.98 Å². The molecule has 1 saturated carbocycles. The Hall–Kier alpha value is -2.34. The highest BCUT2D eigenvalue weighted by molar-refractivity contribution is 5.73. The van der Waals surface area contributed by atoms with E-state index in [9.17, 15) is 0 Å². The molecule has 1 aromatic heterocycles. The number of hydrogen-bond donors (Lipinski definition) is 2. The van der Waals surface area contributed by atoms with Gasteiger partial charge >= 0.3 is 0 Å². The van der Waals surface area contributed by atoms with Gasteiger partial charge in [0.15, 0.2) is 0 Å². The first-order valence-corrected chi connectivity index (χ1v) is 10.2. The minimum atomic E-state index is 0.524. The van der Waals surface area contributed by atoms with Gasteiger partial charge in [-0.3, -0.25) is 0 Å². The molecular formula is C21H29N5O. The van der Waals surface area contributed by atoms with Gasteiger partial charge in [-0.1, -0.05) is 37.8 Å². The maximum absolute atomic E-state index is 5.48. The fourth-order valence-corrected chi connectivity index (χ4v) is 3.91. The van der Waals surface area contributed by atoms with E-state index in [0.717, 1.165) is 37.8 Å². The zero-order valence-electron chi connectivity index (χ0n) is 15.9. The van der Waals surface area contributed by atoms with Gasteiger partial charge in [0.25, 0.3) is 0 Å². The molecule has 2 aliphatic rings. The van der Waals surface area contributed by atoms with E-state index in [0.29, 0.717) is 12.0 Å². The molecule has 6 heteroatoms. The maximum Gasteiger partial charge on any atom is 0.229 e. The van der Waals surface area contributed by atoms with Crippen LogP contribution in [0, 0.1) is 0 Å². The number of nitrogens with zero attached hydrogens (tertiary/aromatic N) is 3. The van der Waals surface area contributed by atoms with Gasteiger partial charge in [0.1, 0.15) is 5.82 Å². The van der Waals surface area contributed by atoms with Gasteiger partial charge in [0, 0.05) is 25.3 Å². The number of hydrogen-bond acceptors (Lipinski definition) is 6. The van der Waals surface area contributed by atoms with E-state index >= 15 is 0 Å². The van der Waals surface area contributed by atoms with Crippen LogP contribution in [-0.2, 0) is 4.74 Å². The largest absolute Gasteiger partial charge is 0.378 e. The molecule has 4 rings (SSSR count). The standard InChI is InChI=1S/C21H29N5O/c1-2-4-8-17(7-3-1)23-20-11-12-22-21(25-20)24-18-9-5-6-10-19(18)26-13-15-27-16-14-26/h5-6,9-12,17H,1-4,7-8,13-16H2,(H2,22,23,24,25). The lowest BCUT2D eigenvalue weighted by Crippen LogP contribution is -2.36. The summed E-state index contributed by atoms with van der Waals surface area (Å²) in [7, 11) is 0. The van der Waals surface area contributed by atoms with E-state index in [-0.39, 0.29) is 0 Å². The van der Waals surface area contributed by atoms with E-state index in [1.807, 2.05) is 18.3 Å². The molecule has 1 aliphatic heterocycles. The van der Waals surface area contributed by atoms with Gasteiger partial charge in [-0.05, 0) is 31.0 Å². The predicted molar refractivity (Wildman–Crippen MR) is 110 cm³/mol. The number of morpholine rings is 1. The maximum atomic E-state index is 5.48. The van der Waals surface area contributed by atoms with Crippen molar-refractivity contribution in [3.63, 3.8) is 0 Å². The minimum absolute atomic E-state index is 0.524. The third-order valence-corrected chi connectivity index (χ3v) is 5.37. The van der Waals surface area contributed by atoms with Gasteiger partial charge in [-0.25, -0.2) is 4.98 Å². The van der Waals surface area contributed by atoms with Crippen molar-refractivity contribution in [2.24, 2.45) is 0 Å². The van der Waals surface area contributed by atoms with Crippen molar-refractivity contribution in [2.45, 2.75) is 44.6 Å². The van der Waals surface area contributed by atoms with Crippen LogP contribution >= 0.6 is 0 Å². The highest BCUT2D eigenvalue weighted by atomic mass is 16.5. The van der Waals surface area contributed by atoms with Gasteiger partial charge in [-0.15, -0.1) is 0 Å². The SMILES string of the molecule is c1ccc(N2CCOCC2)c(Nc2nccc(NC3CCCCCC3)n2)c1. The summed E-state index contributed by atoms with van der Waals surface area (Å²) in [4.78, 5) is 11.5. The summed E-state index contributed by atoms with van der Waals surface area (Å²) >= 11 is 0. The summed E-state index contributed by atoms with van der Waals surface area (Å²) in [5.74, 6) is 1.54. The Labute approximate surface area is 161 Å². The number of nitrogens with one attached hydrogen (secondary N) is 2. The second-order valence-electron chi connectivity index (χ2n) is 7.34. The van der Waals surface area contributed by atoms with Gasteiger partial charge < -0.3 is 20.3 Å². The quantitative estimate of drug-likeness (QED) is 0.773. The number of anilines is 4. The molecule has 0 unspecified atom stereocenters. The van der Waals surface area contributed by atoms with E-state index in [1.54, 1.807) is 0 Å². The number of para-hydroxylation sites is 2. The topological polar surface area (TPSA) is 62.3 Å². The van der Waals surface area contributed by atoms with Crippen LogP contribution in [0.15, 0.2) is 36.5 Å². The Morgan fingerprint density at radius 2 is 1.74 bits per heavy atom. The predicted octanol–water partition coefficient (Wildman–Crippen LogP) is 4.19. The van der Waals surface area contributed by atoms with Crippen LogP contribution in [0.5, 0.6) is 0 Å². The molecule has 2 heterocycles. The van der Waals surface area contributed by atoms with Crippen LogP contribution in [0.25, 0.3) is 0 Å². The zero-order chi connectivity index (χ0) is 18.3.